The van der Waals surface area contributed by atoms with Crippen molar-refractivity contribution >= 4 is 160 Å². The number of aromatic nitrogens is 3. The van der Waals surface area contributed by atoms with Crippen molar-refractivity contribution in [3.63, 3.8) is 0 Å². The fraction of sp³-hybridized carbons (Fsp3) is 0.343. The molecule has 548 valence electrons. The predicted octanol–water partition coefficient (Wildman–Crippen LogP) is 11.9. The van der Waals surface area contributed by atoms with Gasteiger partial charge in [-0.15, -0.1) is 0 Å². The summed E-state index contributed by atoms with van der Waals surface area (Å²) in [5, 5.41) is 22.2. The zero-order valence-electron chi connectivity index (χ0n) is 56.0. The third-order valence-corrected chi connectivity index (χ3v) is 19.3. The maximum absolute atomic E-state index is 12.8. The molecular formula is C70H76Cl6N12O12S3. The Labute approximate surface area is 641 Å². The molecule has 7 N–H and O–H groups in total. The number of thioether (sulfide) groups is 1. The van der Waals surface area contributed by atoms with Crippen molar-refractivity contribution in [3.05, 3.63) is 215 Å². The molecule has 0 unspecified atom stereocenters. The zero-order valence-corrected chi connectivity index (χ0v) is 63.2. The lowest BCUT2D eigenvalue weighted by Crippen LogP contribution is -2.43. The van der Waals surface area contributed by atoms with Gasteiger partial charge in [-0.05, 0) is 141 Å². The zero-order chi connectivity index (χ0) is 74.9. The number of amides is 8. The Kier molecular flexibility index (Phi) is 32.4. The van der Waals surface area contributed by atoms with Crippen LogP contribution < -0.4 is 37.2 Å². The van der Waals surface area contributed by atoms with Gasteiger partial charge in [0, 0.05) is 99.3 Å². The van der Waals surface area contributed by atoms with Crippen LogP contribution in [0.1, 0.15) is 119 Å². The number of thiol groups is 2. The van der Waals surface area contributed by atoms with Gasteiger partial charge in [0.2, 0.25) is 0 Å². The molecule has 3 fully saturated rings. The Morgan fingerprint density at radius 2 is 0.903 bits per heavy atom. The molecule has 24 nitrogen and oxygen atoms in total. The first-order chi connectivity index (χ1) is 49.1. The Balaban J connectivity index is 0.000000220. The van der Waals surface area contributed by atoms with Gasteiger partial charge in [-0.2, -0.15) is 25.3 Å². The van der Waals surface area contributed by atoms with Gasteiger partial charge in [-0.1, -0.05) is 113 Å². The number of pyridine rings is 3. The number of carbonyl (C=O) groups is 9. The van der Waals surface area contributed by atoms with Crippen LogP contribution in [0.4, 0.5) is 14.4 Å². The Bertz CT molecular complexity index is 4020. The summed E-state index contributed by atoms with van der Waals surface area (Å²) in [5.74, 6) is -2.17. The molecule has 3 aliphatic rings. The summed E-state index contributed by atoms with van der Waals surface area (Å²) < 4.78 is 15.7. The first kappa shape index (κ1) is 82.5. The summed E-state index contributed by atoms with van der Waals surface area (Å²) in [6, 6.07) is 23.9. The lowest BCUT2D eigenvalue weighted by Gasteiger charge is -2.23. The second-order valence-corrected chi connectivity index (χ2v) is 29.5. The SMILES string of the molecule is C=CCOC(=O)N1C[C@@H](S)C[C@H]1CNC(=O)c1ccc(C(=O)NCc2ccc(Cl)c(Cl)c2)cn1.C=CCOC(=O)N1C[C@@H](SC(=O)OC(C)(C)C)C[C@H]1CNC(=O)c1ccc(C(=O)NCc2ccc(Cl)c(Cl)c2)cn1.O=C(NCc1ccc(Cl)c(Cl)c1)c1ccc(C(=O)NC[C@@H]2C[C@H](S)CN2)nc1. The molecular weight excluding hydrogens is 1510 g/mol. The van der Waals surface area contributed by atoms with Crippen molar-refractivity contribution < 1.29 is 57.4 Å². The van der Waals surface area contributed by atoms with Gasteiger partial charge in [-0.3, -0.25) is 43.7 Å². The third kappa shape index (κ3) is 26.7. The third-order valence-electron chi connectivity index (χ3n) is 15.3. The number of halogens is 6. The number of rotatable bonds is 23. The van der Waals surface area contributed by atoms with Crippen LogP contribution in [0.15, 0.2) is 135 Å². The molecule has 103 heavy (non-hydrogen) atoms. The molecule has 0 spiro atoms. The number of benzene rings is 3. The van der Waals surface area contributed by atoms with Crippen LogP contribution in [0.2, 0.25) is 30.1 Å². The van der Waals surface area contributed by atoms with E-state index in [2.05, 4.69) is 90.6 Å². The molecule has 0 radical (unpaired) electrons. The summed E-state index contributed by atoms with van der Waals surface area (Å²) in [7, 11) is 0. The molecule has 3 aliphatic heterocycles. The van der Waals surface area contributed by atoms with Crippen LogP contribution in [0.25, 0.3) is 0 Å². The normalized spacial score (nSPS) is 17.3. The number of nitrogens with one attached hydrogen (secondary N) is 7. The number of hydrogen-bond acceptors (Lipinski definition) is 19. The molecule has 0 bridgehead atoms. The lowest BCUT2D eigenvalue weighted by atomic mass is 10.2. The second kappa shape index (κ2) is 40.4. The number of likely N-dealkylation sites (tertiary alicyclic amines) is 2. The Hall–Kier alpha value is -7.83. The second-order valence-electron chi connectivity index (χ2n) is 24.4. The van der Waals surface area contributed by atoms with Crippen LogP contribution in [0.3, 0.4) is 0 Å². The quantitative estimate of drug-likeness (QED) is 0.0125. The van der Waals surface area contributed by atoms with E-state index in [0.717, 1.165) is 41.4 Å². The van der Waals surface area contributed by atoms with Crippen molar-refractivity contribution in [2.24, 2.45) is 0 Å². The van der Waals surface area contributed by atoms with Crippen molar-refractivity contribution in [2.45, 2.75) is 99.1 Å². The number of ether oxygens (including phenoxy) is 3. The minimum absolute atomic E-state index is 0.00185. The molecule has 9 rings (SSSR count). The van der Waals surface area contributed by atoms with Gasteiger partial charge >= 0.3 is 17.5 Å². The fourth-order valence-corrected chi connectivity index (χ4v) is 13.0. The van der Waals surface area contributed by atoms with E-state index in [-0.39, 0.29) is 115 Å². The minimum atomic E-state index is -0.632. The highest BCUT2D eigenvalue weighted by Gasteiger charge is 2.39. The van der Waals surface area contributed by atoms with Gasteiger partial charge < -0.3 is 61.2 Å². The smallest absolute Gasteiger partial charge is 0.410 e. The van der Waals surface area contributed by atoms with Gasteiger partial charge in [0.15, 0.2) is 0 Å². The van der Waals surface area contributed by atoms with E-state index in [1.807, 2.05) is 0 Å². The highest BCUT2D eigenvalue weighted by Crippen LogP contribution is 2.32. The molecule has 0 saturated carbocycles. The maximum atomic E-state index is 12.8. The molecule has 3 saturated heterocycles. The van der Waals surface area contributed by atoms with Crippen LogP contribution in [-0.4, -0.2) is 170 Å². The molecule has 3 aromatic heterocycles. The summed E-state index contributed by atoms with van der Waals surface area (Å²) in [6.07, 6.45) is 7.92. The molecule has 6 aromatic rings. The first-order valence-corrected chi connectivity index (χ1v) is 36.2. The van der Waals surface area contributed by atoms with Gasteiger partial charge in [0.25, 0.3) is 35.4 Å². The van der Waals surface area contributed by atoms with E-state index < -0.39 is 40.9 Å². The molecule has 8 amide bonds. The first-order valence-electron chi connectivity index (χ1n) is 32.0. The van der Waals surface area contributed by atoms with E-state index in [0.29, 0.717) is 79.0 Å². The van der Waals surface area contributed by atoms with Crippen LogP contribution in [0, 0.1) is 0 Å². The van der Waals surface area contributed by atoms with Crippen LogP contribution in [-0.2, 0) is 33.8 Å². The number of carbonyl (C=O) groups excluding carboxylic acids is 9. The summed E-state index contributed by atoms with van der Waals surface area (Å²) in [6.45, 7) is 15.8. The largest absolute Gasteiger partial charge is 0.452 e. The van der Waals surface area contributed by atoms with E-state index in [9.17, 15) is 43.2 Å². The van der Waals surface area contributed by atoms with Crippen LogP contribution >= 0.6 is 107 Å². The van der Waals surface area contributed by atoms with E-state index in [4.69, 9.17) is 83.8 Å². The summed E-state index contributed by atoms with van der Waals surface area (Å²) in [5.41, 5.74) is 3.24. The van der Waals surface area contributed by atoms with Crippen molar-refractivity contribution in [1.29, 1.82) is 0 Å². The number of nitrogens with zero attached hydrogens (tertiary/aromatic N) is 5. The lowest BCUT2D eigenvalue weighted by molar-refractivity contribution is 0.0734. The molecule has 6 heterocycles. The molecule has 0 aliphatic carbocycles. The minimum Gasteiger partial charge on any atom is -0.452 e. The molecule has 3 aromatic carbocycles. The molecule has 33 heteroatoms. The van der Waals surface area contributed by atoms with E-state index >= 15 is 0 Å². The average Bonchev–Trinajstić information content (AvgIpc) is 1.71. The topological polar surface area (TPSA) is 311 Å². The van der Waals surface area contributed by atoms with Gasteiger partial charge in [0.05, 0.1) is 58.9 Å². The van der Waals surface area contributed by atoms with E-state index in [1.165, 1.54) is 66.0 Å². The number of hydrogen-bond donors (Lipinski definition) is 9. The summed E-state index contributed by atoms with van der Waals surface area (Å²) in [4.78, 5) is 127. The highest BCUT2D eigenvalue weighted by molar-refractivity contribution is 8.13. The highest BCUT2D eigenvalue weighted by atomic mass is 35.5. The van der Waals surface area contributed by atoms with Crippen LogP contribution in [0.5, 0.6) is 0 Å². The Morgan fingerprint density at radius 3 is 1.25 bits per heavy atom. The summed E-state index contributed by atoms with van der Waals surface area (Å²) >= 11 is 45.5. The fourth-order valence-electron chi connectivity index (χ4n) is 10.2. The van der Waals surface area contributed by atoms with Gasteiger partial charge in [0.1, 0.15) is 35.9 Å². The maximum Gasteiger partial charge on any atom is 0.410 e. The van der Waals surface area contributed by atoms with Gasteiger partial charge in [-0.25, -0.2) is 14.4 Å². The van der Waals surface area contributed by atoms with Crippen molar-refractivity contribution in [3.8, 4) is 0 Å². The molecule has 6 atom stereocenters. The monoisotopic (exact) mass is 1580 g/mol. The Morgan fingerprint density at radius 1 is 0.515 bits per heavy atom. The predicted molar refractivity (Wildman–Crippen MR) is 405 cm³/mol. The average molecular weight is 1590 g/mol. The van der Waals surface area contributed by atoms with E-state index in [1.54, 1.807) is 86.3 Å². The standard InChI is InChI=1S/C28H32Cl2N4O6S.C23H24Cl2N4O4S.C19H20Cl2N4O2S/c1-5-10-39-26(37)34-16-20(41-27(38)40-28(2,3)4)12-19(34)15-33-25(36)23-9-7-18(14-31-23)24(35)32-13-17-6-8-21(29)22(30)11-17;1-2-7-33-23(32)29-13-17(34)9-16(29)12-28-22(31)20-6-4-15(11-26-20)21(30)27-10-14-3-5-18(24)19(25)8-14;20-15-3-1-11(5-16(15)21)7-24-18(26)12-2-4-17(23-8-12)19(27)25-9-13-6-14(28)10-22-13/h5-9,11,14,19-20H,1,10,12-13,15-16H2,2-4H3,(H,32,35)(H,33,36);2-6,8,11,16-17,34H,1,7,9-10,12-13H2,(H,27,30)(H,28,31);1-5,8,13-14,22,28H,6-7,9-10H2,(H,24,26)(H,25,27)/t19-,20-;16-,17-;13-,14-/m000/s1. The van der Waals surface area contributed by atoms with Crippen molar-refractivity contribution in [2.75, 3.05) is 52.5 Å². The van der Waals surface area contributed by atoms with Crippen molar-refractivity contribution in [1.82, 2.24) is 62.0 Å².